The van der Waals surface area contributed by atoms with Gasteiger partial charge in [-0.2, -0.15) is 0 Å². The molecule has 0 aliphatic heterocycles. The standard InChI is InChI=1S/C11H13ClN4O2S2/c1-2-10-14-11(16-15-10)19-6-7-3-8(12)5-9(4-7)20(13,17)18/h3-5H,2,6H2,1H3,(H2,13,17,18)(H,14,15,16). The predicted octanol–water partition coefficient (Wildman–Crippen LogP) is 1.96. The summed E-state index contributed by atoms with van der Waals surface area (Å²) >= 11 is 7.29. The number of nitrogens with zero attached hydrogens (tertiary/aromatic N) is 2. The monoisotopic (exact) mass is 332 g/mol. The predicted molar refractivity (Wildman–Crippen MR) is 78.1 cm³/mol. The molecule has 1 aromatic heterocycles. The van der Waals surface area contributed by atoms with E-state index in [-0.39, 0.29) is 4.90 Å². The van der Waals surface area contributed by atoms with Crippen molar-refractivity contribution in [1.82, 2.24) is 15.2 Å². The number of hydrogen-bond acceptors (Lipinski definition) is 5. The minimum absolute atomic E-state index is 0.00448. The quantitative estimate of drug-likeness (QED) is 0.815. The molecule has 2 rings (SSSR count). The second-order valence-electron chi connectivity index (χ2n) is 4.05. The molecular weight excluding hydrogens is 320 g/mol. The van der Waals surface area contributed by atoms with Crippen molar-refractivity contribution in [2.75, 3.05) is 0 Å². The van der Waals surface area contributed by atoms with Gasteiger partial charge in [-0.1, -0.05) is 30.3 Å². The van der Waals surface area contributed by atoms with Gasteiger partial charge in [0.05, 0.1) is 4.90 Å². The Kier molecular flexibility index (Phi) is 4.69. The summed E-state index contributed by atoms with van der Waals surface area (Å²) in [6.07, 6.45) is 0.778. The lowest BCUT2D eigenvalue weighted by atomic mass is 10.2. The zero-order valence-electron chi connectivity index (χ0n) is 10.6. The summed E-state index contributed by atoms with van der Waals surface area (Å²) in [5.41, 5.74) is 0.745. The highest BCUT2D eigenvalue weighted by molar-refractivity contribution is 7.98. The Hall–Kier alpha value is -1.09. The third-order valence-corrected chi connectivity index (χ3v) is 4.50. The lowest BCUT2D eigenvalue weighted by molar-refractivity contribution is 0.597. The van der Waals surface area contributed by atoms with Gasteiger partial charge in [0.1, 0.15) is 5.82 Å². The van der Waals surface area contributed by atoms with Crippen molar-refractivity contribution in [1.29, 1.82) is 0 Å². The molecule has 0 unspecified atom stereocenters. The van der Waals surface area contributed by atoms with Crippen LogP contribution in [0, 0.1) is 0 Å². The Bertz CT molecular complexity index is 715. The van der Waals surface area contributed by atoms with Crippen molar-refractivity contribution in [3.63, 3.8) is 0 Å². The van der Waals surface area contributed by atoms with Gasteiger partial charge in [0.15, 0.2) is 0 Å². The van der Waals surface area contributed by atoms with E-state index < -0.39 is 10.0 Å². The Labute approximate surface area is 126 Å². The summed E-state index contributed by atoms with van der Waals surface area (Å²) in [5.74, 6) is 1.31. The Morgan fingerprint density at radius 2 is 2.15 bits per heavy atom. The maximum Gasteiger partial charge on any atom is 0.238 e. The van der Waals surface area contributed by atoms with E-state index >= 15 is 0 Å². The highest BCUT2D eigenvalue weighted by Gasteiger charge is 2.11. The molecule has 1 aromatic carbocycles. The molecule has 0 atom stereocenters. The normalized spacial score (nSPS) is 11.8. The molecule has 20 heavy (non-hydrogen) atoms. The molecule has 108 valence electrons. The Morgan fingerprint density at radius 3 is 2.75 bits per heavy atom. The molecule has 0 saturated heterocycles. The summed E-state index contributed by atoms with van der Waals surface area (Å²) in [6.45, 7) is 1.98. The SMILES string of the molecule is CCc1nc(SCc2cc(Cl)cc(S(N)(=O)=O)c2)n[nH]1. The zero-order chi connectivity index (χ0) is 14.8. The lowest BCUT2D eigenvalue weighted by Gasteiger charge is -2.04. The van der Waals surface area contributed by atoms with Gasteiger partial charge >= 0.3 is 0 Å². The molecule has 9 heteroatoms. The summed E-state index contributed by atoms with van der Waals surface area (Å²) in [7, 11) is -3.76. The van der Waals surface area contributed by atoms with Crippen LogP contribution in [-0.2, 0) is 22.2 Å². The van der Waals surface area contributed by atoms with Crippen molar-refractivity contribution in [2.45, 2.75) is 29.1 Å². The number of aromatic amines is 1. The molecule has 0 fully saturated rings. The van der Waals surface area contributed by atoms with Gasteiger partial charge in [0, 0.05) is 17.2 Å². The fraction of sp³-hybridized carbons (Fsp3) is 0.273. The summed E-state index contributed by atoms with van der Waals surface area (Å²) in [4.78, 5) is 4.26. The van der Waals surface area contributed by atoms with E-state index in [4.69, 9.17) is 16.7 Å². The number of nitrogens with two attached hydrogens (primary N) is 1. The third-order valence-electron chi connectivity index (χ3n) is 2.47. The topological polar surface area (TPSA) is 102 Å². The first-order valence-electron chi connectivity index (χ1n) is 5.75. The molecule has 0 amide bonds. The van der Waals surface area contributed by atoms with Crippen molar-refractivity contribution in [3.05, 3.63) is 34.6 Å². The van der Waals surface area contributed by atoms with E-state index in [1.54, 1.807) is 6.07 Å². The van der Waals surface area contributed by atoms with E-state index in [2.05, 4.69) is 15.2 Å². The molecule has 0 radical (unpaired) electrons. The number of benzene rings is 1. The maximum absolute atomic E-state index is 11.3. The van der Waals surface area contributed by atoms with Crippen LogP contribution < -0.4 is 5.14 Å². The van der Waals surface area contributed by atoms with Crippen LogP contribution in [0.15, 0.2) is 28.3 Å². The first-order valence-corrected chi connectivity index (χ1v) is 8.66. The highest BCUT2D eigenvalue weighted by atomic mass is 35.5. The molecular formula is C11H13ClN4O2S2. The van der Waals surface area contributed by atoms with Crippen LogP contribution in [0.2, 0.25) is 5.02 Å². The van der Waals surface area contributed by atoms with Crippen LogP contribution >= 0.6 is 23.4 Å². The number of rotatable bonds is 5. The van der Waals surface area contributed by atoms with Crippen LogP contribution in [0.1, 0.15) is 18.3 Å². The molecule has 1 heterocycles. The first-order chi connectivity index (χ1) is 9.38. The van der Waals surface area contributed by atoms with Gasteiger partial charge < -0.3 is 0 Å². The molecule has 3 N–H and O–H groups in total. The van der Waals surface area contributed by atoms with Gasteiger partial charge in [0.25, 0.3) is 0 Å². The Balaban J connectivity index is 2.15. The van der Waals surface area contributed by atoms with Crippen LogP contribution in [-0.4, -0.2) is 23.6 Å². The number of aryl methyl sites for hydroxylation is 1. The number of nitrogens with one attached hydrogen (secondary N) is 1. The number of aromatic nitrogens is 3. The van der Waals surface area contributed by atoms with Gasteiger partial charge in [-0.25, -0.2) is 18.5 Å². The van der Waals surface area contributed by atoms with E-state index in [9.17, 15) is 8.42 Å². The second kappa shape index (κ2) is 6.13. The molecule has 0 bridgehead atoms. The molecule has 0 saturated carbocycles. The molecule has 2 aromatic rings. The maximum atomic E-state index is 11.3. The fourth-order valence-electron chi connectivity index (χ4n) is 1.52. The summed E-state index contributed by atoms with van der Waals surface area (Å²) < 4.78 is 22.7. The van der Waals surface area contributed by atoms with Crippen LogP contribution in [0.25, 0.3) is 0 Å². The zero-order valence-corrected chi connectivity index (χ0v) is 13.0. The lowest BCUT2D eigenvalue weighted by Crippen LogP contribution is -2.12. The van der Waals surface area contributed by atoms with E-state index in [0.29, 0.717) is 15.9 Å². The average molecular weight is 333 g/mol. The average Bonchev–Trinajstić information content (AvgIpc) is 2.82. The fourth-order valence-corrected chi connectivity index (χ4v) is 3.19. The Morgan fingerprint density at radius 1 is 1.40 bits per heavy atom. The number of thioether (sulfide) groups is 1. The minimum Gasteiger partial charge on any atom is -0.262 e. The van der Waals surface area contributed by atoms with Crippen molar-refractivity contribution in [2.24, 2.45) is 5.14 Å². The van der Waals surface area contributed by atoms with E-state index in [1.165, 1.54) is 23.9 Å². The van der Waals surface area contributed by atoms with E-state index in [1.807, 2.05) is 6.92 Å². The van der Waals surface area contributed by atoms with E-state index in [0.717, 1.165) is 17.8 Å². The van der Waals surface area contributed by atoms with Crippen LogP contribution in [0.3, 0.4) is 0 Å². The smallest absolute Gasteiger partial charge is 0.238 e. The molecule has 0 spiro atoms. The first kappa shape index (κ1) is 15.3. The summed E-state index contributed by atoms with van der Waals surface area (Å²) in [5, 5.41) is 12.9. The van der Waals surface area contributed by atoms with Gasteiger partial charge in [-0.15, -0.1) is 5.10 Å². The number of hydrogen-bond donors (Lipinski definition) is 2. The number of halogens is 1. The largest absolute Gasteiger partial charge is 0.262 e. The minimum atomic E-state index is -3.76. The van der Waals surface area contributed by atoms with Gasteiger partial charge in [-0.3, -0.25) is 5.10 Å². The van der Waals surface area contributed by atoms with Crippen molar-refractivity contribution < 1.29 is 8.42 Å². The molecule has 0 aliphatic carbocycles. The number of primary sulfonamides is 1. The van der Waals surface area contributed by atoms with Crippen LogP contribution in [0.5, 0.6) is 0 Å². The highest BCUT2D eigenvalue weighted by Crippen LogP contribution is 2.24. The molecule has 6 nitrogen and oxygen atoms in total. The molecule has 0 aliphatic rings. The van der Waals surface area contributed by atoms with Gasteiger partial charge in [-0.05, 0) is 23.8 Å². The third kappa shape index (κ3) is 3.95. The van der Waals surface area contributed by atoms with Crippen molar-refractivity contribution >= 4 is 33.4 Å². The second-order valence-corrected chi connectivity index (χ2v) is 6.99. The summed E-state index contributed by atoms with van der Waals surface area (Å²) in [6, 6.07) is 4.52. The van der Waals surface area contributed by atoms with Gasteiger partial charge in [0.2, 0.25) is 15.2 Å². The van der Waals surface area contributed by atoms with Crippen LogP contribution in [0.4, 0.5) is 0 Å². The number of sulfonamides is 1. The van der Waals surface area contributed by atoms with Crippen molar-refractivity contribution in [3.8, 4) is 0 Å². The number of H-pyrrole nitrogens is 1.